The number of aliphatic hydroxyl groups is 3. The molecule has 0 fully saturated rings. The second-order valence-electron chi connectivity index (χ2n) is 15.7. The third kappa shape index (κ3) is 38.3. The molecule has 0 aliphatic heterocycles. The van der Waals surface area contributed by atoms with E-state index in [1.807, 2.05) is 6.08 Å². The number of rotatable bonds is 41. The number of nitrogens with one attached hydrogen (secondary N) is 1. The summed E-state index contributed by atoms with van der Waals surface area (Å²) in [6.45, 7) is 4.21. The number of amides is 1. The zero-order valence-electron chi connectivity index (χ0n) is 34.7. The molecule has 0 aromatic heterocycles. The summed E-state index contributed by atoms with van der Waals surface area (Å²) in [6.07, 6.45) is 52.8. The van der Waals surface area contributed by atoms with Crippen molar-refractivity contribution >= 4 is 5.91 Å². The number of carbonyl (C=O) groups excluding carboxylic acids is 1. The van der Waals surface area contributed by atoms with Crippen molar-refractivity contribution in [3.05, 3.63) is 36.5 Å². The summed E-state index contributed by atoms with van der Waals surface area (Å²) in [4.78, 5) is 12.4. The third-order valence-corrected chi connectivity index (χ3v) is 10.4. The third-order valence-electron chi connectivity index (χ3n) is 10.4. The highest BCUT2D eigenvalue weighted by molar-refractivity contribution is 5.76. The monoisotopic (exact) mass is 732 g/mol. The molecule has 0 aliphatic rings. The number of carbonyl (C=O) groups is 1. The van der Waals surface area contributed by atoms with Crippen molar-refractivity contribution in [3.8, 4) is 0 Å². The van der Waals surface area contributed by atoms with Crippen molar-refractivity contribution in [2.75, 3.05) is 6.61 Å². The Morgan fingerprint density at radius 1 is 0.500 bits per heavy atom. The van der Waals surface area contributed by atoms with Crippen LogP contribution in [-0.4, -0.2) is 46.1 Å². The predicted molar refractivity (Wildman–Crippen MR) is 227 cm³/mol. The molecule has 52 heavy (non-hydrogen) atoms. The van der Waals surface area contributed by atoms with Crippen LogP contribution in [0.15, 0.2) is 36.5 Å². The summed E-state index contributed by atoms with van der Waals surface area (Å²) in [7, 11) is 0. The second kappa shape index (κ2) is 42.3. The number of hydrogen-bond donors (Lipinski definition) is 4. The van der Waals surface area contributed by atoms with E-state index in [0.29, 0.717) is 6.42 Å². The van der Waals surface area contributed by atoms with Gasteiger partial charge in [-0.3, -0.25) is 4.79 Å². The molecular formula is C47H89NO4. The van der Waals surface area contributed by atoms with Crippen LogP contribution < -0.4 is 5.32 Å². The van der Waals surface area contributed by atoms with Gasteiger partial charge in [-0.1, -0.05) is 211 Å². The molecular weight excluding hydrogens is 643 g/mol. The second-order valence-corrected chi connectivity index (χ2v) is 15.7. The van der Waals surface area contributed by atoms with E-state index in [9.17, 15) is 20.1 Å². The molecule has 3 unspecified atom stereocenters. The average molecular weight is 732 g/mol. The Morgan fingerprint density at radius 2 is 0.865 bits per heavy atom. The van der Waals surface area contributed by atoms with E-state index in [1.54, 1.807) is 6.08 Å². The molecule has 5 nitrogen and oxygen atoms in total. The molecule has 3 atom stereocenters. The SMILES string of the molecule is CCCCCCCCCCC/C=C\C/C=C\CCCCCCCC(O)CC(=O)NC(CO)C(O)/C=C/CCCCCCCCCCCCCCCC. The lowest BCUT2D eigenvalue weighted by molar-refractivity contribution is -0.124. The van der Waals surface area contributed by atoms with Gasteiger partial charge in [0.25, 0.3) is 0 Å². The Bertz CT molecular complexity index is 809. The van der Waals surface area contributed by atoms with E-state index in [2.05, 4.69) is 43.5 Å². The molecule has 0 spiro atoms. The van der Waals surface area contributed by atoms with Gasteiger partial charge in [0.1, 0.15) is 0 Å². The van der Waals surface area contributed by atoms with E-state index >= 15 is 0 Å². The van der Waals surface area contributed by atoms with Gasteiger partial charge < -0.3 is 20.6 Å². The van der Waals surface area contributed by atoms with E-state index in [1.165, 1.54) is 161 Å². The van der Waals surface area contributed by atoms with Crippen molar-refractivity contribution in [2.45, 2.75) is 250 Å². The minimum Gasteiger partial charge on any atom is -0.394 e. The molecule has 0 heterocycles. The Labute approximate surface area is 324 Å². The molecule has 5 heteroatoms. The van der Waals surface area contributed by atoms with Crippen molar-refractivity contribution in [2.24, 2.45) is 0 Å². The number of allylic oxidation sites excluding steroid dienone is 5. The van der Waals surface area contributed by atoms with Gasteiger partial charge in [0.15, 0.2) is 0 Å². The molecule has 0 aromatic rings. The maximum absolute atomic E-state index is 12.4. The summed E-state index contributed by atoms with van der Waals surface area (Å²) in [5.41, 5.74) is 0. The Morgan fingerprint density at radius 3 is 1.27 bits per heavy atom. The van der Waals surface area contributed by atoms with Crippen LogP contribution in [0.4, 0.5) is 0 Å². The fourth-order valence-corrected chi connectivity index (χ4v) is 6.90. The molecule has 0 saturated heterocycles. The summed E-state index contributed by atoms with van der Waals surface area (Å²) >= 11 is 0. The van der Waals surface area contributed by atoms with Crippen molar-refractivity contribution in [1.29, 1.82) is 0 Å². The van der Waals surface area contributed by atoms with Gasteiger partial charge in [-0.05, 0) is 51.4 Å². The molecule has 1 amide bonds. The molecule has 0 rings (SSSR count). The molecule has 0 aliphatic carbocycles. The van der Waals surface area contributed by atoms with Crippen LogP contribution >= 0.6 is 0 Å². The van der Waals surface area contributed by atoms with Crippen molar-refractivity contribution in [1.82, 2.24) is 5.32 Å². The zero-order valence-corrected chi connectivity index (χ0v) is 34.7. The standard InChI is InChI=1S/C47H89NO4/c1-3-5-7-9-11-13-15-17-19-21-22-23-24-25-26-28-30-32-34-36-38-40-44(50)42-47(52)48-45(43-49)46(51)41-39-37-35-33-31-29-27-20-18-16-14-12-10-8-6-4-2/h22-23,25-26,39,41,44-46,49-51H,3-21,24,27-38,40,42-43H2,1-2H3,(H,48,52)/b23-22-,26-25-,41-39+. The first-order valence-corrected chi connectivity index (χ1v) is 22.8. The van der Waals surface area contributed by atoms with Gasteiger partial charge in [0.05, 0.1) is 31.3 Å². The van der Waals surface area contributed by atoms with Crippen LogP contribution in [0, 0.1) is 0 Å². The minimum absolute atomic E-state index is 0.00438. The Kier molecular flexibility index (Phi) is 41.1. The fourth-order valence-electron chi connectivity index (χ4n) is 6.90. The van der Waals surface area contributed by atoms with Crippen LogP contribution in [0.2, 0.25) is 0 Å². The molecule has 0 radical (unpaired) electrons. The molecule has 4 N–H and O–H groups in total. The number of hydrogen-bond acceptors (Lipinski definition) is 4. The Balaban J connectivity index is 3.69. The largest absolute Gasteiger partial charge is 0.394 e. The van der Waals surface area contributed by atoms with Crippen molar-refractivity contribution in [3.63, 3.8) is 0 Å². The Hall–Kier alpha value is -1.43. The lowest BCUT2D eigenvalue weighted by Gasteiger charge is -2.21. The van der Waals surface area contributed by atoms with E-state index < -0.39 is 18.2 Å². The van der Waals surface area contributed by atoms with Crippen LogP contribution in [0.1, 0.15) is 232 Å². The maximum atomic E-state index is 12.4. The van der Waals surface area contributed by atoms with Gasteiger partial charge in [0.2, 0.25) is 5.91 Å². The first-order chi connectivity index (χ1) is 25.5. The van der Waals surface area contributed by atoms with Gasteiger partial charge >= 0.3 is 0 Å². The van der Waals surface area contributed by atoms with Crippen LogP contribution in [0.25, 0.3) is 0 Å². The quantitative estimate of drug-likeness (QED) is 0.0372. The highest BCUT2D eigenvalue weighted by Crippen LogP contribution is 2.15. The molecule has 0 bridgehead atoms. The zero-order chi connectivity index (χ0) is 38.0. The summed E-state index contributed by atoms with van der Waals surface area (Å²) < 4.78 is 0. The number of unbranched alkanes of at least 4 members (excludes halogenated alkanes) is 28. The molecule has 0 saturated carbocycles. The summed E-state index contributed by atoms with van der Waals surface area (Å²) in [6, 6.07) is -0.748. The highest BCUT2D eigenvalue weighted by Gasteiger charge is 2.20. The average Bonchev–Trinajstić information content (AvgIpc) is 3.14. The van der Waals surface area contributed by atoms with Crippen molar-refractivity contribution < 1.29 is 20.1 Å². The molecule has 0 aromatic carbocycles. The first-order valence-electron chi connectivity index (χ1n) is 22.8. The highest BCUT2D eigenvalue weighted by atomic mass is 16.3. The van der Waals surface area contributed by atoms with Gasteiger partial charge in [0, 0.05) is 0 Å². The van der Waals surface area contributed by atoms with Gasteiger partial charge in [-0.2, -0.15) is 0 Å². The summed E-state index contributed by atoms with van der Waals surface area (Å²) in [5, 5.41) is 33.2. The first kappa shape index (κ1) is 50.6. The van der Waals surface area contributed by atoms with Crippen LogP contribution in [-0.2, 0) is 4.79 Å². The summed E-state index contributed by atoms with van der Waals surface area (Å²) in [5.74, 6) is -0.323. The van der Waals surface area contributed by atoms with Crippen LogP contribution in [0.3, 0.4) is 0 Å². The van der Waals surface area contributed by atoms with Crippen LogP contribution in [0.5, 0.6) is 0 Å². The maximum Gasteiger partial charge on any atom is 0.222 e. The van der Waals surface area contributed by atoms with E-state index in [4.69, 9.17) is 0 Å². The fraction of sp³-hybridized carbons (Fsp3) is 0.851. The predicted octanol–water partition coefficient (Wildman–Crippen LogP) is 13.2. The normalized spacial score (nSPS) is 13.9. The topological polar surface area (TPSA) is 89.8 Å². The van der Waals surface area contributed by atoms with E-state index in [0.717, 1.165) is 44.9 Å². The van der Waals surface area contributed by atoms with E-state index in [-0.39, 0.29) is 18.9 Å². The molecule has 306 valence electrons. The smallest absolute Gasteiger partial charge is 0.222 e. The lowest BCUT2D eigenvalue weighted by Crippen LogP contribution is -2.45. The minimum atomic E-state index is -0.932. The van der Waals surface area contributed by atoms with Gasteiger partial charge in [-0.15, -0.1) is 0 Å². The number of aliphatic hydroxyl groups excluding tert-OH is 3. The lowest BCUT2D eigenvalue weighted by atomic mass is 10.0. The van der Waals surface area contributed by atoms with Gasteiger partial charge in [-0.25, -0.2) is 0 Å².